The van der Waals surface area contributed by atoms with Crippen molar-refractivity contribution in [2.24, 2.45) is 23.7 Å². The Morgan fingerprint density at radius 1 is 0.603 bits per heavy atom. The second-order valence-corrected chi connectivity index (χ2v) is 17.8. The van der Waals surface area contributed by atoms with Crippen LogP contribution in [0.15, 0.2) is 148 Å². The van der Waals surface area contributed by atoms with Gasteiger partial charge in [-0.3, -0.25) is 9.97 Å². The van der Waals surface area contributed by atoms with E-state index in [1.807, 2.05) is 24.5 Å². The number of benzene rings is 3. The van der Waals surface area contributed by atoms with Gasteiger partial charge in [-0.25, -0.2) is 0 Å². The molecule has 0 aliphatic carbocycles. The summed E-state index contributed by atoms with van der Waals surface area (Å²) in [6.45, 7) is 24.3. The van der Waals surface area contributed by atoms with Gasteiger partial charge in [0.15, 0.2) is 0 Å². The summed E-state index contributed by atoms with van der Waals surface area (Å²) in [6, 6.07) is 31.7. The molecule has 0 N–H and O–H groups in total. The highest BCUT2D eigenvalue weighted by Gasteiger charge is 2.56. The molecule has 6 heteroatoms. The van der Waals surface area contributed by atoms with Crippen molar-refractivity contribution in [2.45, 2.75) is 63.1 Å². The number of hydrogen-bond acceptors (Lipinski definition) is 4. The molecule has 0 radical (unpaired) electrons. The minimum atomic E-state index is -0.0658. The maximum absolute atomic E-state index is 6.89. The van der Waals surface area contributed by atoms with Crippen LogP contribution in [-0.4, -0.2) is 70.4 Å². The number of fused-ring (bicyclic) bond motifs is 8. The summed E-state index contributed by atoms with van der Waals surface area (Å²) in [5, 5.41) is 2.37. The minimum Gasteiger partial charge on any atom is -0.363 e. The largest absolute Gasteiger partial charge is 0.363 e. The molecular weight excluding hydrogens is 713 g/mol. The average molecular weight is 773 g/mol. The fourth-order valence-electron chi connectivity index (χ4n) is 12.2. The zero-order chi connectivity index (χ0) is 39.7. The van der Waals surface area contributed by atoms with Crippen LogP contribution < -0.4 is 0 Å². The highest BCUT2D eigenvalue weighted by molar-refractivity contribution is 5.83. The van der Waals surface area contributed by atoms with Crippen LogP contribution >= 0.6 is 0 Å². The van der Waals surface area contributed by atoms with Gasteiger partial charge in [0.1, 0.15) is 37.4 Å². The van der Waals surface area contributed by atoms with Crippen LogP contribution in [0.25, 0.3) is 21.8 Å². The molecule has 5 aromatic rings. The predicted octanol–water partition coefficient (Wildman–Crippen LogP) is 10.5. The SMILES string of the molecule is C=CCO[C@H](c1ccnc2ccccc12)[C@@H]1C[C@@H]2CC[N@@+]1(Cc1cccc(C[N@@+]34CC[C@@H](C[C@H]3[C@H](OCC=C)c3ccnc5ccccc35)[C@@H](C=C)C4)c1)C[C@@H]2C=C. The third kappa shape index (κ3) is 7.08. The molecule has 3 aromatic carbocycles. The molecule has 8 heterocycles. The second kappa shape index (κ2) is 16.5. The maximum Gasteiger partial charge on any atom is 0.135 e. The zero-order valence-corrected chi connectivity index (χ0v) is 34.1. The number of nitrogens with zero attached hydrogens (tertiary/aromatic N) is 4. The van der Waals surface area contributed by atoms with Crippen LogP contribution in [0.4, 0.5) is 0 Å². The first kappa shape index (κ1) is 38.8. The van der Waals surface area contributed by atoms with Crippen molar-refractivity contribution in [3.8, 4) is 0 Å². The van der Waals surface area contributed by atoms with E-state index in [4.69, 9.17) is 19.4 Å². The second-order valence-electron chi connectivity index (χ2n) is 17.8. The summed E-state index contributed by atoms with van der Waals surface area (Å²) in [5.74, 6) is 2.25. The van der Waals surface area contributed by atoms with Gasteiger partial charge in [0, 0.05) is 71.8 Å². The van der Waals surface area contributed by atoms with E-state index in [-0.39, 0.29) is 12.2 Å². The Morgan fingerprint density at radius 2 is 1.07 bits per heavy atom. The minimum absolute atomic E-state index is 0.0658. The summed E-state index contributed by atoms with van der Waals surface area (Å²) < 4.78 is 15.8. The van der Waals surface area contributed by atoms with Crippen molar-refractivity contribution in [1.29, 1.82) is 0 Å². The third-order valence-electron chi connectivity index (χ3n) is 14.8. The van der Waals surface area contributed by atoms with Gasteiger partial charge in [-0.1, -0.05) is 78.9 Å². The molecule has 6 saturated heterocycles. The molecular formula is C52H60N4O2+2. The zero-order valence-electron chi connectivity index (χ0n) is 34.1. The van der Waals surface area contributed by atoms with Gasteiger partial charge in [-0.2, -0.15) is 0 Å². The molecule has 2 aromatic heterocycles. The monoisotopic (exact) mass is 772 g/mol. The van der Waals surface area contributed by atoms with Gasteiger partial charge in [-0.15, -0.1) is 26.3 Å². The smallest absolute Gasteiger partial charge is 0.135 e. The van der Waals surface area contributed by atoms with Crippen LogP contribution in [0.5, 0.6) is 0 Å². The van der Waals surface area contributed by atoms with E-state index in [0.29, 0.717) is 49.0 Å². The van der Waals surface area contributed by atoms with Crippen LogP contribution in [0.1, 0.15) is 60.1 Å². The van der Waals surface area contributed by atoms with Gasteiger partial charge < -0.3 is 18.4 Å². The van der Waals surface area contributed by atoms with Crippen LogP contribution in [-0.2, 0) is 22.6 Å². The maximum atomic E-state index is 6.89. The molecule has 6 fully saturated rings. The number of para-hydroxylation sites is 2. The molecule has 0 spiro atoms. The number of hydrogen-bond donors (Lipinski definition) is 0. The Hall–Kier alpha value is -4.72. The first-order chi connectivity index (χ1) is 28.5. The summed E-state index contributed by atoms with van der Waals surface area (Å²) >= 11 is 0. The first-order valence-corrected chi connectivity index (χ1v) is 21.6. The Bertz CT molecular complexity index is 2140. The molecule has 298 valence electrons. The summed E-state index contributed by atoms with van der Waals surface area (Å²) in [6.07, 6.45) is 16.8. The van der Waals surface area contributed by atoms with Crippen LogP contribution in [0, 0.1) is 23.7 Å². The Kier molecular flexibility index (Phi) is 11.0. The fourth-order valence-corrected chi connectivity index (χ4v) is 12.2. The van der Waals surface area contributed by atoms with E-state index in [0.717, 1.165) is 72.1 Å². The molecule has 4 bridgehead atoms. The van der Waals surface area contributed by atoms with Crippen molar-refractivity contribution >= 4 is 21.8 Å². The molecule has 6 aliphatic rings. The number of aromatic nitrogens is 2. The van der Waals surface area contributed by atoms with E-state index < -0.39 is 0 Å². The quantitative estimate of drug-likeness (QED) is 0.0740. The summed E-state index contributed by atoms with van der Waals surface area (Å²) in [7, 11) is 0. The van der Waals surface area contributed by atoms with Gasteiger partial charge >= 0.3 is 0 Å². The number of pyridine rings is 2. The number of rotatable bonds is 16. The summed E-state index contributed by atoms with van der Waals surface area (Å²) in [4.78, 5) is 9.47. The molecule has 11 rings (SSSR count). The van der Waals surface area contributed by atoms with Gasteiger partial charge in [0.05, 0.1) is 50.4 Å². The Balaban J connectivity index is 1.07. The van der Waals surface area contributed by atoms with E-state index in [2.05, 4.69) is 123 Å². The Morgan fingerprint density at radius 3 is 1.52 bits per heavy atom. The topological polar surface area (TPSA) is 44.2 Å². The molecule has 10 atom stereocenters. The lowest BCUT2D eigenvalue weighted by Crippen LogP contribution is -2.68. The summed E-state index contributed by atoms with van der Waals surface area (Å²) in [5.41, 5.74) is 7.35. The van der Waals surface area contributed by atoms with E-state index >= 15 is 0 Å². The van der Waals surface area contributed by atoms with Crippen molar-refractivity contribution in [3.63, 3.8) is 0 Å². The van der Waals surface area contributed by atoms with E-state index in [1.54, 1.807) is 0 Å². The number of piperidine rings is 6. The van der Waals surface area contributed by atoms with E-state index in [1.165, 1.54) is 45.9 Å². The molecule has 6 aliphatic heterocycles. The fraction of sp³-hybridized carbons (Fsp3) is 0.385. The standard InChI is InChI=1S/C52H60N4O2/c1-5-28-57-51(45-20-24-53-47-18-11-9-16-43(45)47)49-31-41-22-26-55(49,35-39(41)7-3)33-37-14-13-15-38(30-37)34-56-27-23-42(40(8-4)36-56)32-50(56)52(58-29-6-2)46-21-25-54-48-19-12-10-17-44(46)48/h5-21,24-25,30,39-42,49-52H,1-4,22-23,26-29,31-36H2/q+2/t39-,40-,41-,42-,49-,50-,51+,52+,55+,56+/m0/s1. The van der Waals surface area contributed by atoms with Crippen LogP contribution in [0.2, 0.25) is 0 Å². The highest BCUT2D eigenvalue weighted by Crippen LogP contribution is 2.51. The van der Waals surface area contributed by atoms with Gasteiger partial charge in [0.25, 0.3) is 0 Å². The number of ether oxygens (including phenoxy) is 2. The van der Waals surface area contributed by atoms with Crippen LogP contribution in [0.3, 0.4) is 0 Å². The molecule has 0 saturated carbocycles. The molecule has 0 amide bonds. The third-order valence-corrected chi connectivity index (χ3v) is 14.8. The van der Waals surface area contributed by atoms with Crippen molar-refractivity contribution < 1.29 is 18.4 Å². The molecule has 0 unspecified atom stereocenters. The average Bonchev–Trinajstić information content (AvgIpc) is 3.27. The molecule has 58 heavy (non-hydrogen) atoms. The lowest BCUT2D eigenvalue weighted by atomic mass is 9.70. The van der Waals surface area contributed by atoms with Crippen molar-refractivity contribution in [2.75, 3.05) is 39.4 Å². The lowest BCUT2D eigenvalue weighted by molar-refractivity contribution is -0.985. The lowest BCUT2D eigenvalue weighted by Gasteiger charge is -2.59. The molecule has 6 nitrogen and oxygen atoms in total. The van der Waals surface area contributed by atoms with Crippen molar-refractivity contribution in [3.05, 3.63) is 170 Å². The van der Waals surface area contributed by atoms with E-state index in [9.17, 15) is 0 Å². The Labute approximate surface area is 345 Å². The normalized spacial score (nSPS) is 29.9. The predicted molar refractivity (Wildman–Crippen MR) is 236 cm³/mol. The highest BCUT2D eigenvalue weighted by atomic mass is 16.5. The van der Waals surface area contributed by atoms with Gasteiger partial charge in [-0.05, 0) is 53.3 Å². The van der Waals surface area contributed by atoms with Gasteiger partial charge in [0.2, 0.25) is 0 Å². The van der Waals surface area contributed by atoms with Crippen molar-refractivity contribution in [1.82, 2.24) is 9.97 Å². The first-order valence-electron chi connectivity index (χ1n) is 21.6. The number of quaternary nitrogens is 2.